The first kappa shape index (κ1) is 19.7. The molecule has 2 atom stereocenters. The van der Waals surface area contributed by atoms with Crippen LogP contribution in [0.15, 0.2) is 35.9 Å². The Labute approximate surface area is 137 Å². The highest BCUT2D eigenvalue weighted by Crippen LogP contribution is 2.29. The summed E-state index contributed by atoms with van der Waals surface area (Å²) in [6, 6.07) is 2.52. The summed E-state index contributed by atoms with van der Waals surface area (Å²) < 4.78 is 37.5. The zero-order valence-electron chi connectivity index (χ0n) is 13.2. The Morgan fingerprint density at radius 1 is 1.25 bits per heavy atom. The second-order valence-corrected chi connectivity index (χ2v) is 5.50. The van der Waals surface area contributed by atoms with Crippen LogP contribution in [0.4, 0.5) is 13.2 Å². The highest BCUT2D eigenvalue weighted by atomic mass is 19.4. The van der Waals surface area contributed by atoms with E-state index < -0.39 is 35.7 Å². The van der Waals surface area contributed by atoms with Crippen LogP contribution in [0, 0.1) is 0 Å². The third kappa shape index (κ3) is 5.69. The van der Waals surface area contributed by atoms with Gasteiger partial charge in [0.05, 0.1) is 5.56 Å². The van der Waals surface area contributed by atoms with Crippen molar-refractivity contribution in [2.24, 2.45) is 5.73 Å². The Kier molecular flexibility index (Phi) is 6.53. The molecular weight excluding hydrogens is 325 g/mol. The number of nitrogens with two attached hydrogens (primary N) is 1. The lowest BCUT2D eigenvalue weighted by Crippen LogP contribution is -2.45. The van der Waals surface area contributed by atoms with Crippen molar-refractivity contribution in [1.29, 1.82) is 0 Å². The van der Waals surface area contributed by atoms with Gasteiger partial charge in [-0.05, 0) is 38.0 Å². The van der Waals surface area contributed by atoms with Crippen molar-refractivity contribution in [3.05, 3.63) is 47.0 Å². The fourth-order valence-corrected chi connectivity index (χ4v) is 1.86. The summed E-state index contributed by atoms with van der Waals surface area (Å²) in [7, 11) is 0. The molecule has 24 heavy (non-hydrogen) atoms. The molecule has 8 heteroatoms. The second kappa shape index (κ2) is 7.96. The molecule has 0 fully saturated rings. The molecule has 1 aromatic carbocycles. The molecule has 0 radical (unpaired) electrons. The molecule has 5 nitrogen and oxygen atoms in total. The second-order valence-electron chi connectivity index (χ2n) is 5.50. The number of hydrogen-bond donors (Lipinski definition) is 3. The van der Waals surface area contributed by atoms with Crippen molar-refractivity contribution in [2.45, 2.75) is 38.6 Å². The number of benzene rings is 1. The minimum absolute atomic E-state index is 0.0223. The molecule has 4 N–H and O–H groups in total. The topological polar surface area (TPSA) is 92.4 Å². The van der Waals surface area contributed by atoms with Crippen molar-refractivity contribution in [1.82, 2.24) is 5.32 Å². The molecule has 0 aliphatic heterocycles. The highest BCUT2D eigenvalue weighted by Gasteiger charge is 2.31. The first-order chi connectivity index (χ1) is 11.0. The smallest absolute Gasteiger partial charge is 0.378 e. The Balaban J connectivity index is 2.82. The zero-order valence-corrected chi connectivity index (χ0v) is 13.2. The molecule has 132 valence electrons. The van der Waals surface area contributed by atoms with Crippen molar-refractivity contribution >= 4 is 11.8 Å². The zero-order chi connectivity index (χ0) is 18.5. The van der Waals surface area contributed by atoms with Gasteiger partial charge in [0.15, 0.2) is 6.10 Å². The van der Waals surface area contributed by atoms with E-state index in [0.717, 1.165) is 29.8 Å². The van der Waals surface area contributed by atoms with E-state index in [0.29, 0.717) is 0 Å². The van der Waals surface area contributed by atoms with Crippen LogP contribution in [0.1, 0.15) is 37.5 Å². The van der Waals surface area contributed by atoms with Crippen molar-refractivity contribution < 1.29 is 27.9 Å². The maximum Gasteiger partial charge on any atom is 0.416 e. The number of aliphatic hydroxyl groups is 1. The van der Waals surface area contributed by atoms with Gasteiger partial charge in [-0.1, -0.05) is 23.8 Å². The first-order valence-electron chi connectivity index (χ1n) is 7.10. The van der Waals surface area contributed by atoms with Gasteiger partial charge in [0.1, 0.15) is 6.04 Å². The summed E-state index contributed by atoms with van der Waals surface area (Å²) in [5.41, 5.74) is 5.19. The van der Waals surface area contributed by atoms with Gasteiger partial charge in [-0.2, -0.15) is 13.2 Å². The lowest BCUT2D eigenvalue weighted by Gasteiger charge is -2.17. The van der Waals surface area contributed by atoms with Gasteiger partial charge in [0.25, 0.3) is 5.91 Å². The molecule has 0 bridgehead atoms. The number of amides is 2. The van der Waals surface area contributed by atoms with E-state index in [9.17, 15) is 27.9 Å². The standard InChI is InChI=1S/C16H19F3N2O3/c1-9(2)3-8-12(14(20)23)21-15(24)13(22)10-4-6-11(7-5-10)16(17,18)19/h3-7,12-13,22H,8H2,1-2H3,(H2,20,23)(H,21,24)/t12-,13-/m1/s1. The Hall–Kier alpha value is -2.35. The molecule has 1 aromatic rings. The third-order valence-electron chi connectivity index (χ3n) is 3.22. The van der Waals surface area contributed by atoms with E-state index in [-0.39, 0.29) is 12.0 Å². The quantitative estimate of drug-likeness (QED) is 0.690. The number of carbonyl (C=O) groups is 2. The summed E-state index contributed by atoms with van der Waals surface area (Å²) in [6.45, 7) is 3.61. The van der Waals surface area contributed by atoms with Gasteiger partial charge in [0, 0.05) is 0 Å². The largest absolute Gasteiger partial charge is 0.416 e. The van der Waals surface area contributed by atoms with Gasteiger partial charge in [-0.3, -0.25) is 9.59 Å². The minimum atomic E-state index is -4.51. The molecule has 0 aliphatic carbocycles. The van der Waals surface area contributed by atoms with Crippen LogP contribution < -0.4 is 11.1 Å². The number of rotatable bonds is 6. The molecule has 0 aromatic heterocycles. The van der Waals surface area contributed by atoms with Crippen LogP contribution in [0.5, 0.6) is 0 Å². The Morgan fingerprint density at radius 3 is 2.21 bits per heavy atom. The average molecular weight is 344 g/mol. The molecule has 0 saturated heterocycles. The summed E-state index contributed by atoms with van der Waals surface area (Å²) in [5.74, 6) is -1.69. The highest BCUT2D eigenvalue weighted by molar-refractivity contribution is 5.89. The summed E-state index contributed by atoms with van der Waals surface area (Å²) >= 11 is 0. The third-order valence-corrected chi connectivity index (χ3v) is 3.22. The predicted molar refractivity (Wildman–Crippen MR) is 81.6 cm³/mol. The molecule has 2 amide bonds. The summed E-state index contributed by atoms with van der Waals surface area (Å²) in [6.07, 6.45) is -4.36. The maximum atomic E-state index is 12.5. The van der Waals surface area contributed by atoms with Crippen LogP contribution in [0.25, 0.3) is 0 Å². The van der Waals surface area contributed by atoms with Gasteiger partial charge in [0.2, 0.25) is 5.91 Å². The fraction of sp³-hybridized carbons (Fsp3) is 0.375. The van der Waals surface area contributed by atoms with Gasteiger partial charge in [-0.25, -0.2) is 0 Å². The monoisotopic (exact) mass is 344 g/mol. The van der Waals surface area contributed by atoms with E-state index in [1.807, 2.05) is 0 Å². The molecular formula is C16H19F3N2O3. The van der Waals surface area contributed by atoms with E-state index >= 15 is 0 Å². The van der Waals surface area contributed by atoms with Crippen LogP contribution in [-0.4, -0.2) is 23.0 Å². The van der Waals surface area contributed by atoms with Crippen LogP contribution >= 0.6 is 0 Å². The molecule has 0 spiro atoms. The van der Waals surface area contributed by atoms with Crippen LogP contribution in [0.3, 0.4) is 0 Å². The molecule has 0 saturated carbocycles. The number of carbonyl (C=O) groups excluding carboxylic acids is 2. The van der Waals surface area contributed by atoms with Crippen LogP contribution in [0.2, 0.25) is 0 Å². The number of primary amides is 1. The maximum absolute atomic E-state index is 12.5. The number of aliphatic hydroxyl groups excluding tert-OH is 1. The SMILES string of the molecule is CC(C)=CC[C@@H](NC(=O)[C@H](O)c1ccc(C(F)(F)F)cc1)C(N)=O. The lowest BCUT2D eigenvalue weighted by atomic mass is 10.0. The predicted octanol–water partition coefficient (Wildman–Crippen LogP) is 2.07. The number of alkyl halides is 3. The van der Waals surface area contributed by atoms with E-state index in [4.69, 9.17) is 5.73 Å². The van der Waals surface area contributed by atoms with Crippen molar-refractivity contribution in [3.8, 4) is 0 Å². The normalized spacial score (nSPS) is 13.8. The molecule has 0 aliphatic rings. The molecule has 1 rings (SSSR count). The van der Waals surface area contributed by atoms with Gasteiger partial charge in [-0.15, -0.1) is 0 Å². The Morgan fingerprint density at radius 2 is 1.79 bits per heavy atom. The van der Waals surface area contributed by atoms with Crippen molar-refractivity contribution in [3.63, 3.8) is 0 Å². The van der Waals surface area contributed by atoms with Gasteiger partial charge >= 0.3 is 6.18 Å². The minimum Gasteiger partial charge on any atom is -0.378 e. The lowest BCUT2D eigenvalue weighted by molar-refractivity contribution is -0.137. The number of hydrogen-bond acceptors (Lipinski definition) is 3. The van der Waals surface area contributed by atoms with E-state index in [1.54, 1.807) is 19.9 Å². The average Bonchev–Trinajstić information content (AvgIpc) is 2.49. The molecule has 0 heterocycles. The fourth-order valence-electron chi connectivity index (χ4n) is 1.86. The van der Waals surface area contributed by atoms with Crippen molar-refractivity contribution in [2.75, 3.05) is 0 Å². The first-order valence-corrected chi connectivity index (χ1v) is 7.10. The number of allylic oxidation sites excluding steroid dienone is 1. The Bertz CT molecular complexity index is 620. The van der Waals surface area contributed by atoms with E-state index in [2.05, 4.69) is 5.32 Å². The number of nitrogens with one attached hydrogen (secondary N) is 1. The summed E-state index contributed by atoms with van der Waals surface area (Å²) in [5, 5.41) is 12.2. The van der Waals surface area contributed by atoms with Gasteiger partial charge < -0.3 is 16.2 Å². The van der Waals surface area contributed by atoms with Crippen LogP contribution in [-0.2, 0) is 15.8 Å². The summed E-state index contributed by atoms with van der Waals surface area (Å²) in [4.78, 5) is 23.3. The van der Waals surface area contributed by atoms with E-state index in [1.165, 1.54) is 0 Å². The number of halogens is 3. The molecule has 0 unspecified atom stereocenters.